The molecule has 0 radical (unpaired) electrons. The zero-order valence-electron chi connectivity index (χ0n) is 11.0. The lowest BCUT2D eigenvalue weighted by atomic mass is 10.0. The first kappa shape index (κ1) is 12.0. The first-order valence-corrected chi connectivity index (χ1v) is 6.37. The van der Waals surface area contributed by atoms with Crippen LogP contribution in [0.3, 0.4) is 0 Å². The summed E-state index contributed by atoms with van der Waals surface area (Å²) in [4.78, 5) is 14.1. The fraction of sp³-hybridized carbons (Fsp3) is 0.462. The molecule has 1 saturated heterocycles. The summed E-state index contributed by atoms with van der Waals surface area (Å²) in [5, 5.41) is 10.8. The number of aromatic nitrogens is 3. The van der Waals surface area contributed by atoms with Crippen LogP contribution >= 0.6 is 0 Å². The van der Waals surface area contributed by atoms with Crippen LogP contribution < -0.4 is 0 Å². The third kappa shape index (κ3) is 2.14. The fourth-order valence-corrected chi connectivity index (χ4v) is 2.58. The van der Waals surface area contributed by atoms with E-state index in [4.69, 9.17) is 4.52 Å². The Labute approximate surface area is 110 Å². The van der Waals surface area contributed by atoms with Gasteiger partial charge < -0.3 is 9.42 Å². The van der Waals surface area contributed by atoms with Crippen LogP contribution in [0.1, 0.15) is 39.8 Å². The van der Waals surface area contributed by atoms with E-state index in [0.717, 1.165) is 24.2 Å². The summed E-state index contributed by atoms with van der Waals surface area (Å²) in [5.74, 6) is 0.930. The number of hydrogen-bond donors (Lipinski definition) is 1. The van der Waals surface area contributed by atoms with E-state index in [-0.39, 0.29) is 5.91 Å². The maximum atomic E-state index is 12.2. The SMILES string of the molecule is Cc1cc(C(=O)N2CCC(c3[nH]ncc3C)C2)no1. The Hall–Kier alpha value is -2.11. The molecule has 1 aliphatic heterocycles. The van der Waals surface area contributed by atoms with Crippen molar-refractivity contribution in [3.05, 3.63) is 35.0 Å². The minimum atomic E-state index is -0.0588. The molecule has 1 amide bonds. The van der Waals surface area contributed by atoms with Crippen molar-refractivity contribution in [3.8, 4) is 0 Å². The molecule has 0 aromatic carbocycles. The molecular weight excluding hydrogens is 244 g/mol. The van der Waals surface area contributed by atoms with Gasteiger partial charge in [-0.2, -0.15) is 5.10 Å². The van der Waals surface area contributed by atoms with Crippen molar-refractivity contribution in [1.29, 1.82) is 0 Å². The van der Waals surface area contributed by atoms with Gasteiger partial charge in [-0.15, -0.1) is 0 Å². The maximum absolute atomic E-state index is 12.2. The van der Waals surface area contributed by atoms with Crippen LogP contribution in [0.4, 0.5) is 0 Å². The molecular formula is C13H16N4O2. The lowest BCUT2D eigenvalue weighted by molar-refractivity contribution is 0.0780. The standard InChI is InChI=1S/C13H16N4O2/c1-8-6-14-15-12(8)10-3-4-17(7-10)13(18)11-5-9(2)19-16-11/h5-6,10H,3-4,7H2,1-2H3,(H,14,15). The van der Waals surface area contributed by atoms with Crippen molar-refractivity contribution in [2.45, 2.75) is 26.2 Å². The van der Waals surface area contributed by atoms with Crippen molar-refractivity contribution < 1.29 is 9.32 Å². The van der Waals surface area contributed by atoms with Gasteiger partial charge >= 0.3 is 0 Å². The monoisotopic (exact) mass is 260 g/mol. The van der Waals surface area contributed by atoms with Crippen LogP contribution in [0, 0.1) is 13.8 Å². The van der Waals surface area contributed by atoms with Gasteiger partial charge in [0, 0.05) is 30.8 Å². The van der Waals surface area contributed by atoms with E-state index in [9.17, 15) is 4.79 Å². The van der Waals surface area contributed by atoms with Gasteiger partial charge in [0.1, 0.15) is 5.76 Å². The quantitative estimate of drug-likeness (QED) is 0.890. The number of likely N-dealkylation sites (tertiary alicyclic amines) is 1. The Balaban J connectivity index is 1.72. The molecule has 6 nitrogen and oxygen atoms in total. The highest BCUT2D eigenvalue weighted by Gasteiger charge is 2.30. The number of rotatable bonds is 2. The van der Waals surface area contributed by atoms with Crippen LogP contribution in [-0.2, 0) is 0 Å². The van der Waals surface area contributed by atoms with E-state index in [1.807, 2.05) is 18.0 Å². The summed E-state index contributed by atoms with van der Waals surface area (Å²) < 4.78 is 4.95. The molecule has 2 aromatic rings. The zero-order valence-corrected chi connectivity index (χ0v) is 11.0. The van der Waals surface area contributed by atoms with Gasteiger partial charge in [0.15, 0.2) is 5.69 Å². The first-order chi connectivity index (χ1) is 9.15. The second-order valence-corrected chi connectivity index (χ2v) is 5.03. The lowest BCUT2D eigenvalue weighted by Gasteiger charge is -2.14. The van der Waals surface area contributed by atoms with Gasteiger partial charge in [-0.3, -0.25) is 9.89 Å². The number of carbonyl (C=O) groups excluding carboxylic acids is 1. The molecule has 3 rings (SSSR count). The number of hydrogen-bond acceptors (Lipinski definition) is 4. The van der Waals surface area contributed by atoms with Crippen LogP contribution in [0.5, 0.6) is 0 Å². The largest absolute Gasteiger partial charge is 0.361 e. The number of aryl methyl sites for hydroxylation is 2. The molecule has 0 bridgehead atoms. The second kappa shape index (κ2) is 4.53. The molecule has 0 spiro atoms. The zero-order chi connectivity index (χ0) is 13.4. The van der Waals surface area contributed by atoms with Crippen LogP contribution in [-0.4, -0.2) is 39.3 Å². The molecule has 1 N–H and O–H groups in total. The normalized spacial score (nSPS) is 19.1. The van der Waals surface area contributed by atoms with Gasteiger partial charge in [0.2, 0.25) is 0 Å². The van der Waals surface area contributed by atoms with E-state index in [0.29, 0.717) is 23.9 Å². The molecule has 100 valence electrons. The lowest BCUT2D eigenvalue weighted by Crippen LogP contribution is -2.28. The maximum Gasteiger partial charge on any atom is 0.276 e. The van der Waals surface area contributed by atoms with Gasteiger partial charge in [-0.1, -0.05) is 5.16 Å². The molecule has 2 aromatic heterocycles. The molecule has 1 unspecified atom stereocenters. The summed E-state index contributed by atoms with van der Waals surface area (Å²) in [5.41, 5.74) is 2.67. The van der Waals surface area contributed by atoms with Gasteiger partial charge in [-0.05, 0) is 25.8 Å². The van der Waals surface area contributed by atoms with Crippen molar-refractivity contribution in [3.63, 3.8) is 0 Å². The third-order valence-electron chi connectivity index (χ3n) is 3.60. The second-order valence-electron chi connectivity index (χ2n) is 5.03. The summed E-state index contributed by atoms with van der Waals surface area (Å²) in [6.45, 7) is 5.26. The summed E-state index contributed by atoms with van der Waals surface area (Å²) >= 11 is 0. The molecule has 0 saturated carbocycles. The molecule has 3 heterocycles. The minimum Gasteiger partial charge on any atom is -0.361 e. The predicted molar refractivity (Wildman–Crippen MR) is 67.8 cm³/mol. The van der Waals surface area contributed by atoms with E-state index < -0.39 is 0 Å². The van der Waals surface area contributed by atoms with E-state index in [2.05, 4.69) is 15.4 Å². The highest BCUT2D eigenvalue weighted by molar-refractivity contribution is 5.92. The average molecular weight is 260 g/mol. The Morgan fingerprint density at radius 1 is 1.53 bits per heavy atom. The Bertz CT molecular complexity index is 601. The molecule has 19 heavy (non-hydrogen) atoms. The summed E-state index contributed by atoms with van der Waals surface area (Å²) in [7, 11) is 0. The highest BCUT2D eigenvalue weighted by atomic mass is 16.5. The number of aromatic amines is 1. The number of nitrogens with one attached hydrogen (secondary N) is 1. The number of carbonyl (C=O) groups is 1. The van der Waals surface area contributed by atoms with Crippen LogP contribution in [0.2, 0.25) is 0 Å². The topological polar surface area (TPSA) is 75.0 Å². The summed E-state index contributed by atoms with van der Waals surface area (Å²) in [6.07, 6.45) is 2.77. The van der Waals surface area contributed by atoms with Gasteiger partial charge in [0.05, 0.1) is 6.20 Å². The molecule has 1 fully saturated rings. The first-order valence-electron chi connectivity index (χ1n) is 6.37. The Kier molecular flexibility index (Phi) is 2.85. The third-order valence-corrected chi connectivity index (χ3v) is 3.60. The van der Waals surface area contributed by atoms with Crippen LogP contribution in [0.25, 0.3) is 0 Å². The smallest absolute Gasteiger partial charge is 0.276 e. The molecule has 6 heteroatoms. The van der Waals surface area contributed by atoms with E-state index in [1.54, 1.807) is 13.0 Å². The molecule has 1 aliphatic rings. The van der Waals surface area contributed by atoms with E-state index >= 15 is 0 Å². The van der Waals surface area contributed by atoms with Gasteiger partial charge in [0.25, 0.3) is 5.91 Å². The number of H-pyrrole nitrogens is 1. The molecule has 1 atom stereocenters. The average Bonchev–Trinajstić information content (AvgIpc) is 3.08. The Morgan fingerprint density at radius 3 is 3.00 bits per heavy atom. The fourth-order valence-electron chi connectivity index (χ4n) is 2.58. The van der Waals surface area contributed by atoms with Crippen molar-refractivity contribution in [2.24, 2.45) is 0 Å². The van der Waals surface area contributed by atoms with Crippen LogP contribution in [0.15, 0.2) is 16.8 Å². The predicted octanol–water partition coefficient (Wildman–Crippen LogP) is 1.64. The Morgan fingerprint density at radius 2 is 2.37 bits per heavy atom. The highest BCUT2D eigenvalue weighted by Crippen LogP contribution is 2.28. The van der Waals surface area contributed by atoms with Crippen molar-refractivity contribution in [2.75, 3.05) is 13.1 Å². The minimum absolute atomic E-state index is 0.0588. The number of amides is 1. The number of nitrogens with zero attached hydrogens (tertiary/aromatic N) is 3. The summed E-state index contributed by atoms with van der Waals surface area (Å²) in [6, 6.07) is 1.68. The van der Waals surface area contributed by atoms with Crippen molar-refractivity contribution in [1.82, 2.24) is 20.3 Å². The van der Waals surface area contributed by atoms with Crippen molar-refractivity contribution >= 4 is 5.91 Å². The molecule has 0 aliphatic carbocycles. The van der Waals surface area contributed by atoms with Gasteiger partial charge in [-0.25, -0.2) is 0 Å². The van der Waals surface area contributed by atoms with E-state index in [1.165, 1.54) is 0 Å².